The molecule has 1 amide bonds. The minimum Gasteiger partial charge on any atom is -0.394 e. The van der Waals surface area contributed by atoms with E-state index in [1.165, 1.54) is 0 Å². The average Bonchev–Trinajstić information content (AvgIpc) is 2.28. The van der Waals surface area contributed by atoms with Crippen molar-refractivity contribution in [3.63, 3.8) is 0 Å². The second-order valence-electron chi connectivity index (χ2n) is 5.07. The van der Waals surface area contributed by atoms with Gasteiger partial charge in [-0.15, -0.1) is 0 Å². The van der Waals surface area contributed by atoms with E-state index in [2.05, 4.69) is 0 Å². The normalized spacial score (nSPS) is 22.9. The Balaban J connectivity index is 2.72. The summed E-state index contributed by atoms with van der Waals surface area (Å²) in [7, 11) is 0. The van der Waals surface area contributed by atoms with Gasteiger partial charge in [0.15, 0.2) is 0 Å². The van der Waals surface area contributed by atoms with Crippen molar-refractivity contribution in [2.75, 3.05) is 13.2 Å². The molecule has 1 rings (SSSR count). The highest BCUT2D eigenvalue weighted by Gasteiger charge is 2.34. The highest BCUT2D eigenvalue weighted by Crippen LogP contribution is 2.27. The predicted molar refractivity (Wildman–Crippen MR) is 60.5 cm³/mol. The smallest absolute Gasteiger partial charge is 0.228 e. The number of likely N-dealkylation sites (tertiary alicyclic amines) is 1. The maximum atomic E-state index is 12.2. The number of nitrogens with zero attached hydrogens (tertiary/aromatic N) is 1. The number of aliphatic hydroxyl groups excluding tert-OH is 1. The van der Waals surface area contributed by atoms with Gasteiger partial charge >= 0.3 is 0 Å². The van der Waals surface area contributed by atoms with Crippen LogP contribution in [0.15, 0.2) is 0 Å². The van der Waals surface area contributed by atoms with Gasteiger partial charge in [0.25, 0.3) is 0 Å². The fraction of sp³-hybridized carbons (Fsp3) is 0.917. The highest BCUT2D eigenvalue weighted by molar-refractivity contribution is 5.82. The Morgan fingerprint density at radius 2 is 2.13 bits per heavy atom. The highest BCUT2D eigenvalue weighted by atomic mass is 16.3. The monoisotopic (exact) mass is 213 g/mol. The number of hydrogen-bond donors (Lipinski definition) is 1. The van der Waals surface area contributed by atoms with Crippen molar-refractivity contribution in [3.05, 3.63) is 0 Å². The number of hydrogen-bond acceptors (Lipinski definition) is 2. The Morgan fingerprint density at radius 3 is 2.67 bits per heavy atom. The van der Waals surface area contributed by atoms with E-state index in [4.69, 9.17) is 0 Å². The molecule has 15 heavy (non-hydrogen) atoms. The molecule has 1 saturated heterocycles. The van der Waals surface area contributed by atoms with Crippen LogP contribution in [0.3, 0.4) is 0 Å². The fourth-order valence-electron chi connectivity index (χ4n) is 2.00. The molecular weight excluding hydrogens is 190 g/mol. The largest absolute Gasteiger partial charge is 0.394 e. The van der Waals surface area contributed by atoms with E-state index in [9.17, 15) is 9.90 Å². The maximum absolute atomic E-state index is 12.2. The molecule has 3 nitrogen and oxygen atoms in total. The van der Waals surface area contributed by atoms with Gasteiger partial charge in [-0.05, 0) is 25.7 Å². The van der Waals surface area contributed by atoms with Crippen molar-refractivity contribution in [2.24, 2.45) is 5.41 Å². The molecule has 1 unspecified atom stereocenters. The van der Waals surface area contributed by atoms with E-state index in [0.717, 1.165) is 32.2 Å². The van der Waals surface area contributed by atoms with Crippen LogP contribution in [0.1, 0.15) is 46.5 Å². The van der Waals surface area contributed by atoms with Crippen molar-refractivity contribution in [1.29, 1.82) is 0 Å². The maximum Gasteiger partial charge on any atom is 0.228 e. The molecular formula is C12H23NO2. The lowest BCUT2D eigenvalue weighted by atomic mass is 9.87. The second-order valence-corrected chi connectivity index (χ2v) is 5.07. The van der Waals surface area contributed by atoms with Crippen LogP contribution >= 0.6 is 0 Å². The van der Waals surface area contributed by atoms with Crippen molar-refractivity contribution < 1.29 is 9.90 Å². The fourth-order valence-corrected chi connectivity index (χ4v) is 2.00. The first-order valence-electron chi connectivity index (χ1n) is 5.95. The molecule has 0 aromatic carbocycles. The molecule has 0 aliphatic carbocycles. The summed E-state index contributed by atoms with van der Waals surface area (Å²) in [6.07, 6.45) is 3.99. The summed E-state index contributed by atoms with van der Waals surface area (Å²) in [6, 6.07) is 0.0528. The quantitative estimate of drug-likeness (QED) is 0.776. The summed E-state index contributed by atoms with van der Waals surface area (Å²) in [6.45, 7) is 6.92. The second kappa shape index (κ2) is 4.97. The van der Waals surface area contributed by atoms with Gasteiger partial charge in [0.2, 0.25) is 5.91 Å². The molecule has 3 heteroatoms. The van der Waals surface area contributed by atoms with Gasteiger partial charge < -0.3 is 10.0 Å². The van der Waals surface area contributed by atoms with E-state index < -0.39 is 0 Å². The molecule has 1 fully saturated rings. The third kappa shape index (κ3) is 2.71. The minimum atomic E-state index is -0.287. The third-order valence-corrected chi connectivity index (χ3v) is 3.56. The van der Waals surface area contributed by atoms with E-state index in [1.54, 1.807) is 0 Å². The van der Waals surface area contributed by atoms with Gasteiger partial charge in [-0.2, -0.15) is 0 Å². The molecule has 0 radical (unpaired) electrons. The molecule has 1 aliphatic heterocycles. The Labute approximate surface area is 92.5 Å². The van der Waals surface area contributed by atoms with Crippen LogP contribution in [0.5, 0.6) is 0 Å². The predicted octanol–water partition coefficient (Wildman–Crippen LogP) is 1.80. The number of aliphatic hydroxyl groups is 1. The topological polar surface area (TPSA) is 40.5 Å². The van der Waals surface area contributed by atoms with E-state index >= 15 is 0 Å². The van der Waals surface area contributed by atoms with Gasteiger partial charge in [0.05, 0.1) is 12.6 Å². The summed E-state index contributed by atoms with van der Waals surface area (Å²) < 4.78 is 0. The van der Waals surface area contributed by atoms with Crippen LogP contribution in [0.25, 0.3) is 0 Å². The SMILES string of the molecule is CCC(C)(C)C(=O)N1CCCCC1CO. The molecule has 1 aliphatic rings. The lowest BCUT2D eigenvalue weighted by molar-refractivity contribution is -0.145. The Morgan fingerprint density at radius 1 is 1.47 bits per heavy atom. The lowest BCUT2D eigenvalue weighted by Crippen LogP contribution is -2.50. The average molecular weight is 213 g/mol. The minimum absolute atomic E-state index is 0.0528. The molecule has 1 heterocycles. The van der Waals surface area contributed by atoms with E-state index in [1.807, 2.05) is 25.7 Å². The number of rotatable bonds is 3. The number of carbonyl (C=O) groups excluding carboxylic acids is 1. The van der Waals surface area contributed by atoms with Gasteiger partial charge in [0, 0.05) is 12.0 Å². The van der Waals surface area contributed by atoms with Gasteiger partial charge in [-0.3, -0.25) is 4.79 Å². The van der Waals surface area contributed by atoms with Crippen LogP contribution in [0.2, 0.25) is 0 Å². The molecule has 1 N–H and O–H groups in total. The van der Waals surface area contributed by atoms with E-state index in [0.29, 0.717) is 0 Å². The summed E-state index contributed by atoms with van der Waals surface area (Å²) in [5, 5.41) is 9.25. The zero-order valence-corrected chi connectivity index (χ0v) is 10.1. The third-order valence-electron chi connectivity index (χ3n) is 3.56. The van der Waals surface area contributed by atoms with Gasteiger partial charge in [-0.25, -0.2) is 0 Å². The standard InChI is InChI=1S/C12H23NO2/c1-4-12(2,3)11(15)13-8-6-5-7-10(13)9-14/h10,14H,4-9H2,1-3H3. The molecule has 0 aromatic heterocycles. The van der Waals surface area contributed by atoms with Crippen LogP contribution in [0, 0.1) is 5.41 Å². The Kier molecular flexibility index (Phi) is 4.14. The summed E-state index contributed by atoms with van der Waals surface area (Å²) in [4.78, 5) is 14.1. The Bertz CT molecular complexity index is 226. The van der Waals surface area contributed by atoms with Gasteiger partial charge in [0.1, 0.15) is 0 Å². The summed E-state index contributed by atoms with van der Waals surface area (Å²) in [5.74, 6) is 0.198. The lowest BCUT2D eigenvalue weighted by Gasteiger charge is -2.39. The summed E-state index contributed by atoms with van der Waals surface area (Å²) >= 11 is 0. The molecule has 1 atom stereocenters. The van der Waals surface area contributed by atoms with Crippen LogP contribution < -0.4 is 0 Å². The van der Waals surface area contributed by atoms with Crippen molar-refractivity contribution in [1.82, 2.24) is 4.90 Å². The number of amides is 1. The molecule has 0 aromatic rings. The summed E-state index contributed by atoms with van der Waals surface area (Å²) in [5.41, 5.74) is -0.287. The zero-order chi connectivity index (χ0) is 11.5. The number of piperidine rings is 1. The van der Waals surface area contributed by atoms with Crippen molar-refractivity contribution in [2.45, 2.75) is 52.5 Å². The number of carbonyl (C=O) groups is 1. The first-order valence-corrected chi connectivity index (χ1v) is 5.95. The van der Waals surface area contributed by atoms with E-state index in [-0.39, 0.29) is 24.0 Å². The molecule has 0 bridgehead atoms. The first-order chi connectivity index (χ1) is 7.03. The van der Waals surface area contributed by atoms with Crippen molar-refractivity contribution >= 4 is 5.91 Å². The van der Waals surface area contributed by atoms with Crippen LogP contribution in [-0.4, -0.2) is 35.1 Å². The van der Waals surface area contributed by atoms with Gasteiger partial charge in [-0.1, -0.05) is 20.8 Å². The zero-order valence-electron chi connectivity index (χ0n) is 10.1. The van der Waals surface area contributed by atoms with Crippen LogP contribution in [0.4, 0.5) is 0 Å². The molecule has 88 valence electrons. The van der Waals surface area contributed by atoms with Crippen LogP contribution in [-0.2, 0) is 4.79 Å². The molecule has 0 spiro atoms. The molecule has 0 saturated carbocycles. The first kappa shape index (κ1) is 12.5. The van der Waals surface area contributed by atoms with Crippen molar-refractivity contribution in [3.8, 4) is 0 Å². The Hall–Kier alpha value is -0.570.